The maximum Gasteiger partial charge on any atom is 0.338 e. The van der Waals surface area contributed by atoms with E-state index in [2.05, 4.69) is 39.2 Å². The summed E-state index contributed by atoms with van der Waals surface area (Å²) in [6.07, 6.45) is 2.58. The number of pyridine rings is 1. The number of H-pyrrole nitrogens is 1. The molecule has 0 saturated carbocycles. The molecule has 5 rings (SSSR count). The molecule has 4 aromatic rings. The number of nitrogens with zero attached hydrogens (tertiary/aromatic N) is 3. The van der Waals surface area contributed by atoms with Crippen molar-refractivity contribution in [3.8, 4) is 0 Å². The average molecular weight is 416 g/mol. The lowest BCUT2D eigenvalue weighted by Crippen LogP contribution is -2.21. The van der Waals surface area contributed by atoms with Crippen molar-refractivity contribution in [2.24, 2.45) is 0 Å². The lowest BCUT2D eigenvalue weighted by molar-refractivity contribution is 0.0600. The van der Waals surface area contributed by atoms with E-state index in [0.29, 0.717) is 16.5 Å². The molecule has 1 N–H and O–H groups in total. The van der Waals surface area contributed by atoms with Gasteiger partial charge in [-0.15, -0.1) is 0 Å². The van der Waals surface area contributed by atoms with Gasteiger partial charge >= 0.3 is 5.97 Å². The van der Waals surface area contributed by atoms with Crippen molar-refractivity contribution in [3.05, 3.63) is 75.7 Å². The van der Waals surface area contributed by atoms with E-state index in [1.807, 2.05) is 29.8 Å². The summed E-state index contributed by atoms with van der Waals surface area (Å²) in [5.41, 5.74) is 3.84. The predicted molar refractivity (Wildman–Crippen MR) is 119 cm³/mol. The molecule has 7 heteroatoms. The normalized spacial score (nSPS) is 16.9. The van der Waals surface area contributed by atoms with E-state index < -0.39 is 0 Å². The van der Waals surface area contributed by atoms with Crippen LogP contribution in [0.3, 0.4) is 0 Å². The van der Waals surface area contributed by atoms with Gasteiger partial charge in [-0.3, -0.25) is 14.4 Å². The monoisotopic (exact) mass is 416 g/mol. The van der Waals surface area contributed by atoms with Crippen molar-refractivity contribution in [3.63, 3.8) is 0 Å². The van der Waals surface area contributed by atoms with Crippen molar-refractivity contribution in [2.45, 2.75) is 25.9 Å². The summed E-state index contributed by atoms with van der Waals surface area (Å²) in [7, 11) is 1.37. The molecule has 0 spiro atoms. The summed E-state index contributed by atoms with van der Waals surface area (Å²) >= 11 is 0. The number of rotatable bonds is 4. The maximum atomic E-state index is 12.7. The van der Waals surface area contributed by atoms with Gasteiger partial charge in [-0.25, -0.2) is 4.79 Å². The molecule has 3 heterocycles. The van der Waals surface area contributed by atoms with Crippen LogP contribution >= 0.6 is 0 Å². The molecule has 1 saturated heterocycles. The van der Waals surface area contributed by atoms with E-state index in [4.69, 9.17) is 4.74 Å². The first kappa shape index (κ1) is 19.5. The fraction of sp³-hybridized carbons (Fsp3) is 0.292. The standard InChI is InChI=1S/C24H24N4O3/c1-15-10-21-19(11-18(15)24(30)31-2)22-20(23(29)26-21)12-25-28(22)17-8-9-27(14-17)13-16-6-4-3-5-7-16/h3-7,10-12,17H,8-9,13-14H2,1-2H3,(H,26,29). The van der Waals surface area contributed by atoms with E-state index in [1.165, 1.54) is 12.7 Å². The van der Waals surface area contributed by atoms with Crippen LogP contribution in [-0.4, -0.2) is 45.8 Å². The van der Waals surface area contributed by atoms with Crippen LogP contribution in [0.1, 0.15) is 33.9 Å². The van der Waals surface area contributed by atoms with Crippen molar-refractivity contribution >= 4 is 27.8 Å². The van der Waals surface area contributed by atoms with Gasteiger partial charge in [0.2, 0.25) is 0 Å². The van der Waals surface area contributed by atoms with Crippen LogP contribution < -0.4 is 5.56 Å². The van der Waals surface area contributed by atoms with Crippen molar-refractivity contribution in [1.29, 1.82) is 0 Å². The quantitative estimate of drug-likeness (QED) is 0.516. The first-order chi connectivity index (χ1) is 15.0. The van der Waals surface area contributed by atoms with Crippen LogP contribution in [0, 0.1) is 6.92 Å². The van der Waals surface area contributed by atoms with Crippen LogP contribution in [0.2, 0.25) is 0 Å². The molecular formula is C24H24N4O3. The van der Waals surface area contributed by atoms with E-state index in [1.54, 1.807) is 6.20 Å². The topological polar surface area (TPSA) is 80.2 Å². The van der Waals surface area contributed by atoms with Crippen LogP contribution in [0.25, 0.3) is 21.8 Å². The molecule has 0 amide bonds. The van der Waals surface area contributed by atoms with Gasteiger partial charge in [0.15, 0.2) is 0 Å². The first-order valence-electron chi connectivity index (χ1n) is 10.4. The number of hydrogen-bond acceptors (Lipinski definition) is 5. The third kappa shape index (κ3) is 3.41. The summed E-state index contributed by atoms with van der Waals surface area (Å²) in [5.74, 6) is -0.389. The summed E-state index contributed by atoms with van der Waals surface area (Å²) in [6, 6.07) is 14.2. The number of carbonyl (C=O) groups excluding carboxylic acids is 1. The third-order valence-corrected chi connectivity index (χ3v) is 6.16. The summed E-state index contributed by atoms with van der Waals surface area (Å²) in [6.45, 7) is 4.55. The van der Waals surface area contributed by atoms with Crippen LogP contribution in [0.4, 0.5) is 0 Å². The molecule has 1 aliphatic rings. The minimum atomic E-state index is -0.389. The molecule has 1 fully saturated rings. The fourth-order valence-electron chi connectivity index (χ4n) is 4.60. The lowest BCUT2D eigenvalue weighted by atomic mass is 10.0. The molecule has 1 aliphatic heterocycles. The molecule has 2 aromatic carbocycles. The number of methoxy groups -OCH3 is 1. The molecule has 7 nitrogen and oxygen atoms in total. The highest BCUT2D eigenvalue weighted by molar-refractivity contribution is 6.06. The van der Waals surface area contributed by atoms with Gasteiger partial charge in [0.1, 0.15) is 0 Å². The third-order valence-electron chi connectivity index (χ3n) is 6.16. The van der Waals surface area contributed by atoms with Gasteiger partial charge in [0.05, 0.1) is 41.3 Å². The molecule has 31 heavy (non-hydrogen) atoms. The summed E-state index contributed by atoms with van der Waals surface area (Å²) < 4.78 is 6.91. The van der Waals surface area contributed by atoms with Gasteiger partial charge in [-0.05, 0) is 36.6 Å². The van der Waals surface area contributed by atoms with Gasteiger partial charge < -0.3 is 9.72 Å². The van der Waals surface area contributed by atoms with Gasteiger partial charge in [-0.1, -0.05) is 30.3 Å². The molecule has 0 radical (unpaired) electrons. The van der Waals surface area contributed by atoms with Gasteiger partial charge in [-0.2, -0.15) is 5.10 Å². The number of fused-ring (bicyclic) bond motifs is 3. The molecule has 0 aliphatic carbocycles. The Morgan fingerprint density at radius 2 is 2.03 bits per heavy atom. The Bertz CT molecular complexity index is 1340. The first-order valence-corrected chi connectivity index (χ1v) is 10.4. The number of aromatic nitrogens is 3. The lowest BCUT2D eigenvalue weighted by Gasteiger charge is -2.17. The Morgan fingerprint density at radius 3 is 2.81 bits per heavy atom. The zero-order chi connectivity index (χ0) is 21.5. The SMILES string of the molecule is COC(=O)c1cc2c(cc1C)[nH]c(=O)c1cnn(C3CCN(Cc4ccccc4)C3)c12. The second-order valence-electron chi connectivity index (χ2n) is 8.17. The highest BCUT2D eigenvalue weighted by Gasteiger charge is 2.27. The number of likely N-dealkylation sites (tertiary alicyclic amines) is 1. The zero-order valence-corrected chi connectivity index (χ0v) is 17.6. The number of carbonyl (C=O) groups is 1. The second kappa shape index (κ2) is 7.67. The van der Waals surface area contributed by atoms with Crippen LogP contribution in [0.15, 0.2) is 53.5 Å². The smallest absolute Gasteiger partial charge is 0.338 e. The van der Waals surface area contributed by atoms with E-state index >= 15 is 0 Å². The summed E-state index contributed by atoms with van der Waals surface area (Å²) in [5, 5.41) is 5.94. The number of esters is 1. The minimum absolute atomic E-state index is 0.161. The Labute approximate surface area is 179 Å². The number of hydrogen-bond donors (Lipinski definition) is 1. The molecule has 1 atom stereocenters. The summed E-state index contributed by atoms with van der Waals surface area (Å²) in [4.78, 5) is 30.3. The van der Waals surface area contributed by atoms with E-state index in [-0.39, 0.29) is 17.6 Å². The van der Waals surface area contributed by atoms with Crippen LogP contribution in [-0.2, 0) is 11.3 Å². The number of nitrogens with one attached hydrogen (secondary N) is 1. The Morgan fingerprint density at radius 1 is 1.23 bits per heavy atom. The fourth-order valence-corrected chi connectivity index (χ4v) is 4.60. The highest BCUT2D eigenvalue weighted by Crippen LogP contribution is 2.30. The largest absolute Gasteiger partial charge is 0.465 e. The molecule has 0 bridgehead atoms. The van der Waals surface area contributed by atoms with E-state index in [9.17, 15) is 9.59 Å². The Kier molecular flexibility index (Phi) is 4.82. The highest BCUT2D eigenvalue weighted by atomic mass is 16.5. The van der Waals surface area contributed by atoms with Gasteiger partial charge in [0, 0.05) is 25.0 Å². The molecule has 1 unspecified atom stereocenters. The van der Waals surface area contributed by atoms with Crippen molar-refractivity contribution in [1.82, 2.24) is 19.7 Å². The second-order valence-corrected chi connectivity index (χ2v) is 8.17. The minimum Gasteiger partial charge on any atom is -0.465 e. The van der Waals surface area contributed by atoms with Crippen molar-refractivity contribution in [2.75, 3.05) is 20.2 Å². The number of ether oxygens (including phenoxy) is 1. The van der Waals surface area contributed by atoms with Crippen molar-refractivity contribution < 1.29 is 9.53 Å². The predicted octanol–water partition coefficient (Wildman–Crippen LogP) is 3.42. The number of aromatic amines is 1. The zero-order valence-electron chi connectivity index (χ0n) is 17.6. The Balaban J connectivity index is 1.57. The average Bonchev–Trinajstić information content (AvgIpc) is 3.41. The molecule has 2 aromatic heterocycles. The van der Waals surface area contributed by atoms with E-state index in [0.717, 1.165) is 42.5 Å². The van der Waals surface area contributed by atoms with Gasteiger partial charge in [0.25, 0.3) is 5.56 Å². The van der Waals surface area contributed by atoms with Crippen LogP contribution in [0.5, 0.6) is 0 Å². The molecular weight excluding hydrogens is 392 g/mol. The number of benzene rings is 2. The Hall–Kier alpha value is -3.45. The molecule has 158 valence electrons. The number of aryl methyl sites for hydroxylation is 1. The maximum absolute atomic E-state index is 12.7.